The smallest absolute Gasteiger partial charge is 0.326 e. The molecule has 17 heavy (non-hydrogen) atoms. The van der Waals surface area contributed by atoms with E-state index in [9.17, 15) is 14.7 Å². The van der Waals surface area contributed by atoms with Gasteiger partial charge in [0.15, 0.2) is 0 Å². The van der Waals surface area contributed by atoms with Gasteiger partial charge in [-0.25, -0.2) is 4.79 Å². The van der Waals surface area contributed by atoms with Gasteiger partial charge in [0.05, 0.1) is 0 Å². The maximum absolute atomic E-state index is 12.2. The predicted molar refractivity (Wildman–Crippen MR) is 64.7 cm³/mol. The molecule has 5 heteroatoms. The molecule has 0 saturated carbocycles. The van der Waals surface area contributed by atoms with E-state index in [1.54, 1.807) is 11.9 Å². The second kappa shape index (κ2) is 6.59. The highest BCUT2D eigenvalue weighted by atomic mass is 16.4. The van der Waals surface area contributed by atoms with Crippen LogP contribution in [-0.4, -0.2) is 48.1 Å². The Morgan fingerprint density at radius 1 is 1.41 bits per heavy atom. The quantitative estimate of drug-likeness (QED) is 0.761. The number of carbonyl (C=O) groups excluding carboxylic acids is 1. The summed E-state index contributed by atoms with van der Waals surface area (Å²) < 4.78 is 0. The van der Waals surface area contributed by atoms with Gasteiger partial charge in [0, 0.05) is 19.0 Å². The van der Waals surface area contributed by atoms with Crippen LogP contribution in [0.5, 0.6) is 0 Å². The fourth-order valence-corrected chi connectivity index (χ4v) is 2.31. The molecule has 1 fully saturated rings. The normalized spacial score (nSPS) is 22.9. The molecule has 0 aromatic carbocycles. The van der Waals surface area contributed by atoms with Gasteiger partial charge in [-0.3, -0.25) is 4.79 Å². The molecule has 1 aliphatic rings. The summed E-state index contributed by atoms with van der Waals surface area (Å²) in [5.41, 5.74) is 0. The Hall–Kier alpha value is -1.10. The first-order valence-corrected chi connectivity index (χ1v) is 6.25. The van der Waals surface area contributed by atoms with E-state index in [0.717, 1.165) is 19.3 Å². The number of hydrogen-bond acceptors (Lipinski definition) is 3. The summed E-state index contributed by atoms with van der Waals surface area (Å²) in [5.74, 6) is -1.09. The molecule has 2 atom stereocenters. The lowest BCUT2D eigenvalue weighted by molar-refractivity contribution is -0.151. The van der Waals surface area contributed by atoms with E-state index in [1.165, 1.54) is 0 Å². The summed E-state index contributed by atoms with van der Waals surface area (Å²) in [7, 11) is 1.79. The van der Waals surface area contributed by atoms with Gasteiger partial charge in [0.1, 0.15) is 6.04 Å². The highest BCUT2D eigenvalue weighted by molar-refractivity contribution is 5.85. The minimum Gasteiger partial charge on any atom is -0.480 e. The maximum Gasteiger partial charge on any atom is 0.326 e. The average molecular weight is 242 g/mol. The van der Waals surface area contributed by atoms with Crippen molar-refractivity contribution in [2.24, 2.45) is 5.92 Å². The number of aliphatic carboxylic acids is 1. The van der Waals surface area contributed by atoms with Crippen molar-refractivity contribution in [1.29, 1.82) is 0 Å². The molecule has 0 aromatic rings. The minimum absolute atomic E-state index is 0.0475. The average Bonchev–Trinajstić information content (AvgIpc) is 2.53. The number of hydrogen-bond donors (Lipinski definition) is 2. The van der Waals surface area contributed by atoms with Crippen molar-refractivity contribution in [3.05, 3.63) is 0 Å². The number of amides is 1. The number of carboxylic acids is 1. The molecule has 2 N–H and O–H groups in total. The first kappa shape index (κ1) is 14.0. The Kier molecular flexibility index (Phi) is 5.41. The van der Waals surface area contributed by atoms with Crippen LogP contribution in [0.25, 0.3) is 0 Å². The monoisotopic (exact) mass is 242 g/mol. The fourth-order valence-electron chi connectivity index (χ4n) is 2.31. The molecule has 0 radical (unpaired) electrons. The zero-order valence-corrected chi connectivity index (χ0v) is 10.6. The molecule has 5 nitrogen and oxygen atoms in total. The molecule has 1 amide bonds. The summed E-state index contributed by atoms with van der Waals surface area (Å²) in [6, 6.07) is -0.635. The van der Waals surface area contributed by atoms with Gasteiger partial charge in [0.25, 0.3) is 0 Å². The van der Waals surface area contributed by atoms with Gasteiger partial charge in [-0.1, -0.05) is 19.8 Å². The van der Waals surface area contributed by atoms with E-state index < -0.39 is 12.0 Å². The maximum atomic E-state index is 12.2. The largest absolute Gasteiger partial charge is 0.480 e. The van der Waals surface area contributed by atoms with Crippen LogP contribution < -0.4 is 5.32 Å². The number of carboxylic acid groups (broad SMARTS) is 1. The van der Waals surface area contributed by atoms with Crippen LogP contribution in [0.1, 0.15) is 32.6 Å². The van der Waals surface area contributed by atoms with Gasteiger partial charge >= 0.3 is 5.97 Å². The highest BCUT2D eigenvalue weighted by Crippen LogP contribution is 2.19. The third kappa shape index (κ3) is 3.70. The number of nitrogens with zero attached hydrogens (tertiary/aromatic N) is 1. The molecule has 0 aromatic heterocycles. The van der Waals surface area contributed by atoms with Crippen LogP contribution in [0, 0.1) is 5.92 Å². The van der Waals surface area contributed by atoms with Crippen LogP contribution in [0.2, 0.25) is 0 Å². The molecular weight excluding hydrogens is 220 g/mol. The molecule has 1 heterocycles. The van der Waals surface area contributed by atoms with Crippen LogP contribution >= 0.6 is 0 Å². The summed E-state index contributed by atoms with van der Waals surface area (Å²) in [6.45, 7) is 2.99. The van der Waals surface area contributed by atoms with Crippen LogP contribution in [0.15, 0.2) is 0 Å². The zero-order chi connectivity index (χ0) is 12.8. The lowest BCUT2D eigenvalue weighted by Gasteiger charge is -2.29. The second-order valence-corrected chi connectivity index (χ2v) is 4.69. The van der Waals surface area contributed by atoms with Crippen molar-refractivity contribution in [3.63, 3.8) is 0 Å². The Morgan fingerprint density at radius 2 is 2.12 bits per heavy atom. The fraction of sp³-hybridized carbons (Fsp3) is 0.833. The highest BCUT2D eigenvalue weighted by Gasteiger charge is 2.32. The van der Waals surface area contributed by atoms with Crippen molar-refractivity contribution >= 4 is 11.9 Å². The van der Waals surface area contributed by atoms with Crippen LogP contribution in [-0.2, 0) is 9.59 Å². The van der Waals surface area contributed by atoms with E-state index in [2.05, 4.69) is 5.32 Å². The van der Waals surface area contributed by atoms with Crippen LogP contribution in [0.4, 0.5) is 0 Å². The molecule has 1 aliphatic heterocycles. The molecule has 1 saturated heterocycles. The lowest BCUT2D eigenvalue weighted by atomic mass is 10.1. The van der Waals surface area contributed by atoms with Gasteiger partial charge in [-0.15, -0.1) is 0 Å². The van der Waals surface area contributed by atoms with E-state index in [4.69, 9.17) is 0 Å². The van der Waals surface area contributed by atoms with E-state index >= 15 is 0 Å². The molecule has 0 aliphatic carbocycles. The van der Waals surface area contributed by atoms with Gasteiger partial charge in [-0.05, 0) is 19.9 Å². The third-order valence-electron chi connectivity index (χ3n) is 3.25. The van der Waals surface area contributed by atoms with Gasteiger partial charge in [-0.2, -0.15) is 0 Å². The Balaban J connectivity index is 2.74. The van der Waals surface area contributed by atoms with E-state index in [1.807, 2.05) is 6.92 Å². The molecule has 1 rings (SSSR count). The van der Waals surface area contributed by atoms with Gasteiger partial charge < -0.3 is 15.3 Å². The van der Waals surface area contributed by atoms with Crippen LogP contribution in [0.3, 0.4) is 0 Å². The molecule has 0 spiro atoms. The van der Waals surface area contributed by atoms with Crippen molar-refractivity contribution in [2.45, 2.75) is 38.6 Å². The summed E-state index contributed by atoms with van der Waals surface area (Å²) in [4.78, 5) is 24.9. The first-order valence-electron chi connectivity index (χ1n) is 6.25. The topological polar surface area (TPSA) is 69.6 Å². The van der Waals surface area contributed by atoms with Crippen molar-refractivity contribution < 1.29 is 14.7 Å². The van der Waals surface area contributed by atoms with Crippen molar-refractivity contribution in [1.82, 2.24) is 10.2 Å². The first-order chi connectivity index (χ1) is 8.07. The predicted octanol–water partition coefficient (Wildman–Crippen LogP) is 0.698. The van der Waals surface area contributed by atoms with Crippen molar-refractivity contribution in [3.8, 4) is 0 Å². The van der Waals surface area contributed by atoms with E-state index in [0.29, 0.717) is 19.5 Å². The number of carbonyl (C=O) groups is 2. The molecular formula is C12H22N2O3. The van der Waals surface area contributed by atoms with Crippen molar-refractivity contribution in [2.75, 3.05) is 20.1 Å². The second-order valence-electron chi connectivity index (χ2n) is 4.69. The summed E-state index contributed by atoms with van der Waals surface area (Å²) in [5, 5.41) is 12.1. The Morgan fingerprint density at radius 3 is 2.71 bits per heavy atom. The summed E-state index contributed by atoms with van der Waals surface area (Å²) in [6.07, 6.45) is 3.38. The Labute approximate surface area is 102 Å². The molecule has 0 bridgehead atoms. The van der Waals surface area contributed by atoms with E-state index in [-0.39, 0.29) is 11.8 Å². The number of likely N-dealkylation sites (tertiary alicyclic amines) is 1. The van der Waals surface area contributed by atoms with Gasteiger partial charge in [0.2, 0.25) is 5.91 Å². The minimum atomic E-state index is -0.878. The Bertz CT molecular complexity index is 281. The standard InChI is InChI=1S/C12H22N2O3/c1-9(8-13-2)11(15)14-7-5-3-4-6-10(14)12(16)17/h9-10,13H,3-8H2,1-2H3,(H,16,17). The lowest BCUT2D eigenvalue weighted by Crippen LogP contribution is -2.48. The zero-order valence-electron chi connectivity index (χ0n) is 10.6. The third-order valence-corrected chi connectivity index (χ3v) is 3.25. The SMILES string of the molecule is CNCC(C)C(=O)N1CCCCCC1C(=O)O. The number of nitrogens with one attached hydrogen (secondary N) is 1. The molecule has 2 unspecified atom stereocenters. The number of rotatable bonds is 4. The molecule has 98 valence electrons. The summed E-state index contributed by atoms with van der Waals surface area (Å²) >= 11 is 0.